The molecule has 0 saturated heterocycles. The van der Waals surface area contributed by atoms with E-state index >= 15 is 0 Å². The van der Waals surface area contributed by atoms with Crippen molar-refractivity contribution in [1.82, 2.24) is 0 Å². The first-order valence-electron chi connectivity index (χ1n) is 5.82. The third-order valence-corrected chi connectivity index (χ3v) is 2.63. The summed E-state index contributed by atoms with van der Waals surface area (Å²) in [7, 11) is 0. The molecular formula is C13H18N2O3. The van der Waals surface area contributed by atoms with Gasteiger partial charge in [0.1, 0.15) is 5.75 Å². The van der Waals surface area contributed by atoms with Gasteiger partial charge in [-0.2, -0.15) is 0 Å². The number of ether oxygens (including phenoxy) is 1. The fraction of sp³-hybridized carbons (Fsp3) is 0.385. The quantitative estimate of drug-likeness (QED) is 0.458. The summed E-state index contributed by atoms with van der Waals surface area (Å²) >= 11 is 0. The molecule has 0 spiro atoms. The van der Waals surface area contributed by atoms with Crippen molar-refractivity contribution >= 4 is 11.6 Å². The van der Waals surface area contributed by atoms with Crippen molar-refractivity contribution in [2.45, 2.75) is 20.3 Å². The Labute approximate surface area is 106 Å². The Balaban J connectivity index is 2.63. The van der Waals surface area contributed by atoms with Gasteiger partial charge in [-0.15, -0.1) is 0 Å². The Morgan fingerprint density at radius 3 is 2.50 bits per heavy atom. The third kappa shape index (κ3) is 3.76. The van der Waals surface area contributed by atoms with Crippen LogP contribution in [-0.2, 0) is 4.79 Å². The highest BCUT2D eigenvalue weighted by Crippen LogP contribution is 2.14. The number of oxime groups is 1. The highest BCUT2D eigenvalue weighted by atomic mass is 16.5. The van der Waals surface area contributed by atoms with E-state index in [0.717, 1.165) is 5.56 Å². The van der Waals surface area contributed by atoms with Crippen LogP contribution in [0.2, 0.25) is 0 Å². The molecule has 1 atom stereocenters. The Kier molecular flexibility index (Phi) is 5.17. The average Bonchev–Trinajstić information content (AvgIpc) is 2.38. The number of hydrogen-bond donors (Lipinski definition) is 2. The van der Waals surface area contributed by atoms with Crippen LogP contribution in [0.15, 0.2) is 29.4 Å². The Morgan fingerprint density at radius 1 is 1.44 bits per heavy atom. The first-order chi connectivity index (χ1) is 8.58. The van der Waals surface area contributed by atoms with E-state index in [9.17, 15) is 4.79 Å². The van der Waals surface area contributed by atoms with Gasteiger partial charge in [0.05, 0.1) is 18.2 Å². The SMILES string of the molecule is CC/C(=N\O)c1ccc(OCC(C)C(N)=O)cc1. The van der Waals surface area contributed by atoms with Gasteiger partial charge in [-0.3, -0.25) is 4.79 Å². The normalized spacial score (nSPS) is 13.1. The molecule has 18 heavy (non-hydrogen) atoms. The molecule has 1 aromatic rings. The number of nitrogens with two attached hydrogens (primary N) is 1. The molecule has 0 aliphatic rings. The summed E-state index contributed by atoms with van der Waals surface area (Å²) in [6, 6.07) is 7.15. The summed E-state index contributed by atoms with van der Waals surface area (Å²) in [6.07, 6.45) is 0.648. The molecule has 1 rings (SSSR count). The van der Waals surface area contributed by atoms with Crippen LogP contribution >= 0.6 is 0 Å². The second-order valence-electron chi connectivity index (χ2n) is 4.04. The highest BCUT2D eigenvalue weighted by Gasteiger charge is 2.09. The summed E-state index contributed by atoms with van der Waals surface area (Å²) in [5.41, 5.74) is 6.60. The number of carbonyl (C=O) groups excluding carboxylic acids is 1. The first-order valence-corrected chi connectivity index (χ1v) is 5.82. The van der Waals surface area contributed by atoms with Crippen LogP contribution in [0.1, 0.15) is 25.8 Å². The molecule has 0 saturated carbocycles. The molecule has 0 aliphatic carbocycles. The molecule has 0 radical (unpaired) electrons. The molecule has 0 bridgehead atoms. The van der Waals surface area contributed by atoms with E-state index in [1.807, 2.05) is 19.1 Å². The lowest BCUT2D eigenvalue weighted by atomic mass is 10.1. The minimum absolute atomic E-state index is 0.253. The van der Waals surface area contributed by atoms with E-state index < -0.39 is 0 Å². The fourth-order valence-corrected chi connectivity index (χ4v) is 1.38. The maximum atomic E-state index is 10.8. The molecule has 1 amide bonds. The number of rotatable bonds is 6. The van der Waals surface area contributed by atoms with Crippen LogP contribution in [0, 0.1) is 5.92 Å². The van der Waals surface area contributed by atoms with Gasteiger partial charge >= 0.3 is 0 Å². The van der Waals surface area contributed by atoms with Crippen LogP contribution in [-0.4, -0.2) is 23.4 Å². The van der Waals surface area contributed by atoms with Gasteiger partial charge in [0, 0.05) is 0 Å². The van der Waals surface area contributed by atoms with E-state index in [0.29, 0.717) is 17.9 Å². The Hall–Kier alpha value is -2.04. The minimum Gasteiger partial charge on any atom is -0.493 e. The number of carbonyl (C=O) groups is 1. The topological polar surface area (TPSA) is 84.9 Å². The lowest BCUT2D eigenvalue weighted by molar-refractivity contribution is -0.122. The van der Waals surface area contributed by atoms with Crippen LogP contribution < -0.4 is 10.5 Å². The largest absolute Gasteiger partial charge is 0.493 e. The van der Waals surface area contributed by atoms with Crippen molar-refractivity contribution in [3.05, 3.63) is 29.8 Å². The first kappa shape index (κ1) is 14.0. The van der Waals surface area contributed by atoms with Crippen LogP contribution in [0.5, 0.6) is 5.75 Å². The fourth-order valence-electron chi connectivity index (χ4n) is 1.38. The highest BCUT2D eigenvalue weighted by molar-refractivity contribution is 6.00. The molecule has 5 nitrogen and oxygen atoms in total. The van der Waals surface area contributed by atoms with Gasteiger partial charge in [-0.25, -0.2) is 0 Å². The maximum Gasteiger partial charge on any atom is 0.223 e. The van der Waals surface area contributed by atoms with Gasteiger partial charge in [0.15, 0.2) is 0 Å². The van der Waals surface area contributed by atoms with Crippen molar-refractivity contribution in [2.24, 2.45) is 16.8 Å². The van der Waals surface area contributed by atoms with E-state index in [4.69, 9.17) is 15.7 Å². The van der Waals surface area contributed by atoms with E-state index in [-0.39, 0.29) is 18.4 Å². The third-order valence-electron chi connectivity index (χ3n) is 2.63. The number of nitrogens with zero attached hydrogens (tertiary/aromatic N) is 1. The van der Waals surface area contributed by atoms with E-state index in [1.165, 1.54) is 0 Å². The average molecular weight is 250 g/mol. The number of primary amides is 1. The maximum absolute atomic E-state index is 10.8. The van der Waals surface area contributed by atoms with Crippen molar-refractivity contribution in [1.29, 1.82) is 0 Å². The molecule has 1 aromatic carbocycles. The standard InChI is InChI=1S/C13H18N2O3/c1-3-12(15-17)10-4-6-11(7-5-10)18-8-9(2)13(14)16/h4-7,9,17H,3,8H2,1-2H3,(H2,14,16)/b15-12+. The van der Waals surface area contributed by atoms with Gasteiger partial charge < -0.3 is 15.7 Å². The molecular weight excluding hydrogens is 232 g/mol. The number of hydrogen-bond acceptors (Lipinski definition) is 4. The van der Waals surface area contributed by atoms with Gasteiger partial charge in [-0.1, -0.05) is 19.0 Å². The number of amides is 1. The van der Waals surface area contributed by atoms with Crippen molar-refractivity contribution in [3.8, 4) is 5.75 Å². The second-order valence-corrected chi connectivity index (χ2v) is 4.04. The predicted octanol–water partition coefficient (Wildman–Crippen LogP) is 1.78. The lowest BCUT2D eigenvalue weighted by Crippen LogP contribution is -2.25. The molecule has 5 heteroatoms. The summed E-state index contributed by atoms with van der Waals surface area (Å²) in [6.45, 7) is 3.88. The summed E-state index contributed by atoms with van der Waals surface area (Å²) < 4.78 is 5.43. The molecule has 1 unspecified atom stereocenters. The van der Waals surface area contributed by atoms with Gasteiger partial charge in [0.2, 0.25) is 5.91 Å². The lowest BCUT2D eigenvalue weighted by Gasteiger charge is -2.10. The van der Waals surface area contributed by atoms with E-state index in [1.54, 1.807) is 19.1 Å². The number of benzene rings is 1. The smallest absolute Gasteiger partial charge is 0.223 e. The Morgan fingerprint density at radius 2 is 2.06 bits per heavy atom. The second kappa shape index (κ2) is 6.64. The Bertz CT molecular complexity index is 426. The van der Waals surface area contributed by atoms with Gasteiger partial charge in [0.25, 0.3) is 0 Å². The zero-order valence-corrected chi connectivity index (χ0v) is 10.6. The van der Waals surface area contributed by atoms with Crippen molar-refractivity contribution in [2.75, 3.05) is 6.61 Å². The summed E-state index contributed by atoms with van der Waals surface area (Å²) in [5, 5.41) is 12.0. The summed E-state index contributed by atoms with van der Waals surface area (Å²) in [4.78, 5) is 10.8. The van der Waals surface area contributed by atoms with Crippen molar-refractivity contribution in [3.63, 3.8) is 0 Å². The zero-order valence-electron chi connectivity index (χ0n) is 10.6. The molecule has 98 valence electrons. The predicted molar refractivity (Wildman–Crippen MR) is 68.9 cm³/mol. The molecule has 0 heterocycles. The van der Waals surface area contributed by atoms with Crippen LogP contribution in [0.25, 0.3) is 0 Å². The molecule has 0 aromatic heterocycles. The monoisotopic (exact) mass is 250 g/mol. The molecule has 3 N–H and O–H groups in total. The molecule has 0 aliphatic heterocycles. The van der Waals surface area contributed by atoms with Crippen LogP contribution in [0.3, 0.4) is 0 Å². The molecule has 0 fully saturated rings. The zero-order chi connectivity index (χ0) is 13.5. The minimum atomic E-state index is -0.382. The van der Waals surface area contributed by atoms with E-state index in [2.05, 4.69) is 5.16 Å². The van der Waals surface area contributed by atoms with Crippen LogP contribution in [0.4, 0.5) is 0 Å². The van der Waals surface area contributed by atoms with Gasteiger partial charge in [-0.05, 0) is 36.2 Å². The van der Waals surface area contributed by atoms with Crippen molar-refractivity contribution < 1.29 is 14.7 Å². The summed E-state index contributed by atoms with van der Waals surface area (Å²) in [5.74, 6) is -0.0533.